The number of aromatic nitrogens is 1. The number of furan rings is 1. The first-order valence-corrected chi connectivity index (χ1v) is 5.03. The molecule has 0 unspecified atom stereocenters. The second-order valence-electron chi connectivity index (χ2n) is 3.80. The number of carboxylic acid groups (broad SMARTS) is 1. The van der Waals surface area contributed by atoms with E-state index in [-0.39, 0.29) is 17.1 Å². The van der Waals surface area contributed by atoms with Gasteiger partial charge in [-0.2, -0.15) is 4.73 Å². The quantitative estimate of drug-likeness (QED) is 0.634. The van der Waals surface area contributed by atoms with Crippen molar-refractivity contribution in [3.63, 3.8) is 0 Å². The fourth-order valence-corrected chi connectivity index (χ4v) is 1.59. The third kappa shape index (κ3) is 1.99. The van der Waals surface area contributed by atoms with E-state index in [4.69, 9.17) is 9.52 Å². The van der Waals surface area contributed by atoms with Crippen LogP contribution in [0, 0.1) is 19.1 Å². The minimum absolute atomic E-state index is 0.0708. The molecule has 0 saturated heterocycles. The number of nitrogens with zero attached hydrogens (tertiary/aromatic N) is 1. The van der Waals surface area contributed by atoms with Crippen LogP contribution in [0.5, 0.6) is 0 Å². The summed E-state index contributed by atoms with van der Waals surface area (Å²) in [4.78, 5) is 10.9. The van der Waals surface area contributed by atoms with Crippen LogP contribution in [0.2, 0.25) is 0 Å². The molecular formula is C12H11NO4. The number of carbonyl (C=O) groups is 1. The monoisotopic (exact) mass is 233 g/mol. The largest absolute Gasteiger partial charge is 0.618 e. The van der Waals surface area contributed by atoms with E-state index in [9.17, 15) is 10.0 Å². The first-order valence-electron chi connectivity index (χ1n) is 5.03. The van der Waals surface area contributed by atoms with Crippen LogP contribution in [0.15, 0.2) is 28.8 Å². The normalized spacial score (nSPS) is 10.5. The second kappa shape index (κ2) is 3.93. The number of aromatic carboxylic acids is 1. The molecule has 0 fully saturated rings. The van der Waals surface area contributed by atoms with Crippen LogP contribution in [0.25, 0.3) is 11.5 Å². The SMILES string of the molecule is Cc1cc[n+]([O-])c(-c2cc(C(=O)O)c(C)o2)c1. The van der Waals surface area contributed by atoms with Gasteiger partial charge in [0.15, 0.2) is 12.0 Å². The van der Waals surface area contributed by atoms with E-state index in [1.807, 2.05) is 6.92 Å². The minimum Gasteiger partial charge on any atom is -0.618 e. The van der Waals surface area contributed by atoms with Crippen molar-refractivity contribution in [3.05, 3.63) is 46.5 Å². The van der Waals surface area contributed by atoms with E-state index >= 15 is 0 Å². The molecule has 17 heavy (non-hydrogen) atoms. The van der Waals surface area contributed by atoms with Crippen molar-refractivity contribution in [3.8, 4) is 11.5 Å². The summed E-state index contributed by atoms with van der Waals surface area (Å²) in [6, 6.07) is 4.68. The number of rotatable bonds is 2. The number of hydrogen-bond acceptors (Lipinski definition) is 3. The summed E-state index contributed by atoms with van der Waals surface area (Å²) in [7, 11) is 0. The Morgan fingerprint density at radius 3 is 2.71 bits per heavy atom. The number of pyridine rings is 1. The molecule has 0 spiro atoms. The van der Waals surface area contributed by atoms with Gasteiger partial charge in [0, 0.05) is 18.2 Å². The molecule has 5 heteroatoms. The summed E-state index contributed by atoms with van der Waals surface area (Å²) >= 11 is 0. The third-order valence-corrected chi connectivity index (χ3v) is 2.48. The molecule has 2 aromatic heterocycles. The van der Waals surface area contributed by atoms with Crippen LogP contribution >= 0.6 is 0 Å². The van der Waals surface area contributed by atoms with Gasteiger partial charge in [-0.1, -0.05) is 0 Å². The molecule has 5 nitrogen and oxygen atoms in total. The van der Waals surface area contributed by atoms with E-state index in [0.29, 0.717) is 10.4 Å². The highest BCUT2D eigenvalue weighted by Gasteiger charge is 2.19. The van der Waals surface area contributed by atoms with Crippen molar-refractivity contribution in [1.82, 2.24) is 0 Å². The van der Waals surface area contributed by atoms with Crippen LogP contribution in [0.4, 0.5) is 0 Å². The van der Waals surface area contributed by atoms with Gasteiger partial charge in [-0.05, 0) is 19.4 Å². The highest BCUT2D eigenvalue weighted by atomic mass is 16.5. The summed E-state index contributed by atoms with van der Waals surface area (Å²) in [6.45, 7) is 3.40. The molecular weight excluding hydrogens is 222 g/mol. The van der Waals surface area contributed by atoms with E-state index in [0.717, 1.165) is 5.56 Å². The molecule has 0 aliphatic rings. The fourth-order valence-electron chi connectivity index (χ4n) is 1.59. The summed E-state index contributed by atoms with van der Waals surface area (Å²) in [5.41, 5.74) is 1.28. The molecule has 0 aliphatic heterocycles. The van der Waals surface area contributed by atoms with E-state index in [1.165, 1.54) is 12.3 Å². The lowest BCUT2D eigenvalue weighted by Gasteiger charge is -2.01. The zero-order valence-corrected chi connectivity index (χ0v) is 9.43. The molecule has 1 N–H and O–H groups in total. The summed E-state index contributed by atoms with van der Waals surface area (Å²) in [5.74, 6) is -0.518. The molecule has 0 aromatic carbocycles. The first kappa shape index (κ1) is 11.2. The summed E-state index contributed by atoms with van der Waals surface area (Å²) < 4.78 is 5.95. The maximum atomic E-state index is 11.6. The molecule has 0 atom stereocenters. The zero-order valence-electron chi connectivity index (χ0n) is 9.43. The molecule has 2 heterocycles. The number of carboxylic acids is 1. The summed E-state index contributed by atoms with van der Waals surface area (Å²) in [5, 5.41) is 20.5. The van der Waals surface area contributed by atoms with Gasteiger partial charge >= 0.3 is 5.97 Å². The van der Waals surface area contributed by atoms with Gasteiger partial charge in [-0.3, -0.25) is 0 Å². The van der Waals surface area contributed by atoms with Crippen LogP contribution in [0.3, 0.4) is 0 Å². The van der Waals surface area contributed by atoms with E-state index in [2.05, 4.69) is 0 Å². The molecule has 0 aliphatic carbocycles. The van der Waals surface area contributed by atoms with Crippen molar-refractivity contribution >= 4 is 5.97 Å². The number of aryl methyl sites for hydroxylation is 2. The van der Waals surface area contributed by atoms with Gasteiger partial charge in [0.2, 0.25) is 0 Å². The number of hydrogen-bond donors (Lipinski definition) is 1. The predicted molar refractivity (Wildman–Crippen MR) is 59.5 cm³/mol. The Bertz CT molecular complexity index is 586. The lowest BCUT2D eigenvalue weighted by molar-refractivity contribution is -0.594. The molecule has 2 aromatic rings. The zero-order chi connectivity index (χ0) is 12.6. The second-order valence-corrected chi connectivity index (χ2v) is 3.80. The first-order chi connectivity index (χ1) is 7.99. The van der Waals surface area contributed by atoms with Crippen molar-refractivity contribution in [2.75, 3.05) is 0 Å². The Kier molecular flexibility index (Phi) is 2.59. The summed E-state index contributed by atoms with van der Waals surface area (Å²) in [6.07, 6.45) is 1.36. The molecule has 0 saturated carbocycles. The Balaban J connectivity index is 2.57. The van der Waals surface area contributed by atoms with Crippen LogP contribution < -0.4 is 4.73 Å². The van der Waals surface area contributed by atoms with E-state index < -0.39 is 5.97 Å². The standard InChI is InChI=1S/C12H11NO4/c1-7-3-4-13(16)10(5-7)11-6-9(12(14)15)8(2)17-11/h3-6H,1-2H3,(H,14,15). The van der Waals surface area contributed by atoms with Crippen LogP contribution in [0.1, 0.15) is 21.7 Å². The Hall–Kier alpha value is -2.30. The molecule has 2 rings (SSSR count). The smallest absolute Gasteiger partial charge is 0.339 e. The fraction of sp³-hybridized carbons (Fsp3) is 0.167. The van der Waals surface area contributed by atoms with Crippen molar-refractivity contribution in [1.29, 1.82) is 0 Å². The Labute approximate surface area is 97.5 Å². The average molecular weight is 233 g/mol. The van der Waals surface area contributed by atoms with Gasteiger partial charge in [0.1, 0.15) is 11.3 Å². The van der Waals surface area contributed by atoms with Gasteiger partial charge in [0.25, 0.3) is 5.69 Å². The highest BCUT2D eigenvalue weighted by molar-refractivity contribution is 5.89. The Morgan fingerprint density at radius 1 is 1.41 bits per heavy atom. The van der Waals surface area contributed by atoms with Gasteiger partial charge in [-0.25, -0.2) is 4.79 Å². The maximum Gasteiger partial charge on any atom is 0.339 e. The van der Waals surface area contributed by atoms with Gasteiger partial charge < -0.3 is 14.7 Å². The topological polar surface area (TPSA) is 77.4 Å². The van der Waals surface area contributed by atoms with Gasteiger partial charge in [0.05, 0.1) is 0 Å². The third-order valence-electron chi connectivity index (χ3n) is 2.48. The molecule has 0 amide bonds. The highest BCUT2D eigenvalue weighted by Crippen LogP contribution is 2.23. The van der Waals surface area contributed by atoms with Crippen molar-refractivity contribution in [2.45, 2.75) is 13.8 Å². The van der Waals surface area contributed by atoms with Crippen molar-refractivity contribution in [2.24, 2.45) is 0 Å². The molecule has 0 radical (unpaired) electrons. The minimum atomic E-state index is -1.07. The van der Waals surface area contributed by atoms with Crippen molar-refractivity contribution < 1.29 is 19.0 Å². The lowest BCUT2D eigenvalue weighted by atomic mass is 10.2. The Morgan fingerprint density at radius 2 is 2.12 bits per heavy atom. The maximum absolute atomic E-state index is 11.6. The average Bonchev–Trinajstić information content (AvgIpc) is 2.64. The van der Waals surface area contributed by atoms with Crippen LogP contribution in [-0.4, -0.2) is 11.1 Å². The molecule has 0 bridgehead atoms. The predicted octanol–water partition coefficient (Wildman–Crippen LogP) is 1.90. The van der Waals surface area contributed by atoms with Crippen LogP contribution in [-0.2, 0) is 0 Å². The molecule has 88 valence electrons. The lowest BCUT2D eigenvalue weighted by Crippen LogP contribution is -2.28. The van der Waals surface area contributed by atoms with Gasteiger partial charge in [-0.15, -0.1) is 0 Å². The van der Waals surface area contributed by atoms with E-state index in [1.54, 1.807) is 19.1 Å².